The van der Waals surface area contributed by atoms with E-state index in [2.05, 4.69) is 22.3 Å². The van der Waals surface area contributed by atoms with Gasteiger partial charge in [0.2, 0.25) is 5.91 Å². The third-order valence-electron chi connectivity index (χ3n) is 5.97. The summed E-state index contributed by atoms with van der Waals surface area (Å²) in [5, 5.41) is 2.70. The number of nitrogens with zero attached hydrogens (tertiary/aromatic N) is 3. The third-order valence-corrected chi connectivity index (χ3v) is 5.97. The lowest BCUT2D eigenvalue weighted by Gasteiger charge is -2.35. The van der Waals surface area contributed by atoms with Crippen molar-refractivity contribution >= 4 is 23.5 Å². The smallest absolute Gasteiger partial charge is 0.329 e. The largest absolute Gasteiger partial charge is 0.497 e. The SMILES string of the molecule is COc1ccc(N2C(=O)N[C@@H](CCC(=O)N3CCN(Cc4ccccc4)CC3)C2=O)cc1. The maximum Gasteiger partial charge on any atom is 0.329 e. The molecule has 2 aliphatic heterocycles. The Kier molecular flexibility index (Phi) is 6.70. The van der Waals surface area contributed by atoms with Gasteiger partial charge in [-0.1, -0.05) is 30.3 Å². The molecule has 2 aromatic carbocycles. The summed E-state index contributed by atoms with van der Waals surface area (Å²) in [5.74, 6) is 0.335. The number of nitrogens with one attached hydrogen (secondary N) is 1. The first-order valence-electron chi connectivity index (χ1n) is 10.9. The monoisotopic (exact) mass is 436 g/mol. The molecular weight excluding hydrogens is 408 g/mol. The maximum absolute atomic E-state index is 12.8. The van der Waals surface area contributed by atoms with E-state index in [4.69, 9.17) is 4.74 Å². The number of hydrogen-bond donors (Lipinski definition) is 1. The zero-order valence-electron chi connectivity index (χ0n) is 18.2. The van der Waals surface area contributed by atoms with Crippen LogP contribution in [0.4, 0.5) is 10.5 Å². The van der Waals surface area contributed by atoms with Gasteiger partial charge in [-0.3, -0.25) is 14.5 Å². The third kappa shape index (κ3) is 4.91. The van der Waals surface area contributed by atoms with E-state index >= 15 is 0 Å². The summed E-state index contributed by atoms with van der Waals surface area (Å²) in [6.45, 7) is 3.88. The van der Waals surface area contributed by atoms with Crippen LogP contribution < -0.4 is 15.0 Å². The fourth-order valence-corrected chi connectivity index (χ4v) is 4.13. The molecule has 0 aliphatic carbocycles. The van der Waals surface area contributed by atoms with Gasteiger partial charge in [-0.15, -0.1) is 0 Å². The highest BCUT2D eigenvalue weighted by Crippen LogP contribution is 2.24. The van der Waals surface area contributed by atoms with E-state index in [1.807, 2.05) is 23.1 Å². The van der Waals surface area contributed by atoms with Crippen LogP contribution in [0.25, 0.3) is 0 Å². The van der Waals surface area contributed by atoms with Gasteiger partial charge < -0.3 is 15.0 Å². The average molecular weight is 437 g/mol. The first-order chi connectivity index (χ1) is 15.5. The van der Waals surface area contributed by atoms with Crippen LogP contribution in [0.3, 0.4) is 0 Å². The van der Waals surface area contributed by atoms with Gasteiger partial charge >= 0.3 is 6.03 Å². The van der Waals surface area contributed by atoms with Gasteiger partial charge in [0.05, 0.1) is 12.8 Å². The van der Waals surface area contributed by atoms with Crippen LogP contribution in [0.1, 0.15) is 18.4 Å². The van der Waals surface area contributed by atoms with Crippen LogP contribution in [0.15, 0.2) is 54.6 Å². The molecule has 4 amide bonds. The van der Waals surface area contributed by atoms with Gasteiger partial charge in [0.15, 0.2) is 0 Å². The zero-order chi connectivity index (χ0) is 22.5. The second kappa shape index (κ2) is 9.82. The molecule has 2 saturated heterocycles. The van der Waals surface area contributed by atoms with Crippen molar-refractivity contribution in [2.24, 2.45) is 0 Å². The molecule has 0 aromatic heterocycles. The molecule has 4 rings (SSSR count). The molecule has 1 atom stereocenters. The minimum atomic E-state index is -0.687. The number of methoxy groups -OCH3 is 1. The molecule has 1 N–H and O–H groups in total. The molecule has 168 valence electrons. The average Bonchev–Trinajstić information content (AvgIpc) is 3.11. The Balaban J connectivity index is 1.25. The van der Waals surface area contributed by atoms with E-state index in [0.29, 0.717) is 30.9 Å². The number of ether oxygens (including phenoxy) is 1. The first-order valence-corrected chi connectivity index (χ1v) is 10.9. The highest BCUT2D eigenvalue weighted by Gasteiger charge is 2.39. The van der Waals surface area contributed by atoms with Gasteiger partial charge in [-0.25, -0.2) is 9.69 Å². The molecule has 0 radical (unpaired) electrons. The molecule has 2 fully saturated rings. The summed E-state index contributed by atoms with van der Waals surface area (Å²) in [6.07, 6.45) is 0.520. The van der Waals surface area contributed by atoms with Crippen LogP contribution in [0.2, 0.25) is 0 Å². The summed E-state index contributed by atoms with van der Waals surface area (Å²) in [4.78, 5) is 43.1. The summed E-state index contributed by atoms with van der Waals surface area (Å²) >= 11 is 0. The Labute approximate surface area is 187 Å². The van der Waals surface area contributed by atoms with E-state index in [0.717, 1.165) is 24.5 Å². The lowest BCUT2D eigenvalue weighted by Crippen LogP contribution is -2.48. The van der Waals surface area contributed by atoms with Crippen molar-refractivity contribution in [1.29, 1.82) is 0 Å². The molecule has 2 aromatic rings. The standard InChI is InChI=1S/C24H28N4O4/c1-32-20-9-7-19(8-10-20)28-23(30)21(25-24(28)31)11-12-22(29)27-15-13-26(14-16-27)17-18-5-3-2-4-6-18/h2-10,21H,11-17H2,1H3,(H,25,31)/t21-/m0/s1. The number of piperazine rings is 1. The highest BCUT2D eigenvalue weighted by atomic mass is 16.5. The van der Waals surface area contributed by atoms with Gasteiger partial charge in [0.25, 0.3) is 5.91 Å². The van der Waals surface area contributed by atoms with Crippen molar-refractivity contribution in [3.05, 3.63) is 60.2 Å². The Bertz CT molecular complexity index is 956. The van der Waals surface area contributed by atoms with E-state index in [1.165, 1.54) is 5.56 Å². The summed E-state index contributed by atoms with van der Waals surface area (Å²) < 4.78 is 5.12. The number of hydrogen-bond acceptors (Lipinski definition) is 5. The van der Waals surface area contributed by atoms with Crippen LogP contribution >= 0.6 is 0 Å². The molecule has 0 spiro atoms. The number of carbonyl (C=O) groups is 3. The van der Waals surface area contributed by atoms with Crippen molar-refractivity contribution in [1.82, 2.24) is 15.1 Å². The predicted octanol–water partition coefficient (Wildman–Crippen LogP) is 2.24. The number of benzene rings is 2. The Morgan fingerprint density at radius 3 is 2.34 bits per heavy atom. The Hall–Kier alpha value is -3.39. The summed E-state index contributed by atoms with van der Waals surface area (Å²) in [7, 11) is 1.55. The van der Waals surface area contributed by atoms with E-state index in [9.17, 15) is 14.4 Å². The number of amides is 4. The minimum absolute atomic E-state index is 0.0225. The number of imide groups is 1. The normalized spacial score (nSPS) is 19.2. The van der Waals surface area contributed by atoms with Crippen molar-refractivity contribution in [3.63, 3.8) is 0 Å². The predicted molar refractivity (Wildman–Crippen MR) is 120 cm³/mol. The maximum atomic E-state index is 12.8. The highest BCUT2D eigenvalue weighted by molar-refractivity contribution is 6.21. The minimum Gasteiger partial charge on any atom is -0.497 e. The number of anilines is 1. The van der Waals surface area contributed by atoms with Gasteiger partial charge in [0.1, 0.15) is 11.8 Å². The summed E-state index contributed by atoms with van der Waals surface area (Å²) in [6, 6.07) is 15.9. The van der Waals surface area contributed by atoms with Crippen LogP contribution in [-0.2, 0) is 16.1 Å². The number of rotatable bonds is 7. The van der Waals surface area contributed by atoms with Gasteiger partial charge in [-0.2, -0.15) is 0 Å². The molecule has 0 unspecified atom stereocenters. The zero-order valence-corrected chi connectivity index (χ0v) is 18.2. The molecule has 2 heterocycles. The van der Waals surface area contributed by atoms with Crippen molar-refractivity contribution in [2.75, 3.05) is 38.2 Å². The summed E-state index contributed by atoms with van der Waals surface area (Å²) in [5.41, 5.74) is 1.75. The number of carbonyl (C=O) groups excluding carboxylic acids is 3. The molecule has 0 bridgehead atoms. The fourth-order valence-electron chi connectivity index (χ4n) is 4.13. The molecule has 0 saturated carbocycles. The number of urea groups is 1. The topological polar surface area (TPSA) is 82.2 Å². The van der Waals surface area contributed by atoms with Crippen LogP contribution in [-0.4, -0.2) is 67.0 Å². The van der Waals surface area contributed by atoms with Crippen LogP contribution in [0.5, 0.6) is 5.75 Å². The first kappa shape index (κ1) is 21.8. The molecule has 8 nitrogen and oxygen atoms in total. The van der Waals surface area contributed by atoms with E-state index in [-0.39, 0.29) is 18.2 Å². The van der Waals surface area contributed by atoms with Crippen LogP contribution in [0, 0.1) is 0 Å². The Morgan fingerprint density at radius 1 is 1.00 bits per heavy atom. The van der Waals surface area contributed by atoms with E-state index < -0.39 is 12.1 Å². The van der Waals surface area contributed by atoms with Crippen molar-refractivity contribution in [2.45, 2.75) is 25.4 Å². The molecule has 32 heavy (non-hydrogen) atoms. The van der Waals surface area contributed by atoms with E-state index in [1.54, 1.807) is 31.4 Å². The van der Waals surface area contributed by atoms with Crippen molar-refractivity contribution in [3.8, 4) is 5.75 Å². The molecule has 2 aliphatic rings. The molecular formula is C24H28N4O4. The second-order valence-electron chi connectivity index (χ2n) is 8.05. The molecule has 8 heteroatoms. The van der Waals surface area contributed by atoms with Gasteiger partial charge in [-0.05, 0) is 36.2 Å². The lowest BCUT2D eigenvalue weighted by molar-refractivity contribution is -0.133. The lowest BCUT2D eigenvalue weighted by atomic mass is 10.1. The Morgan fingerprint density at radius 2 is 1.69 bits per heavy atom. The fraction of sp³-hybridized carbons (Fsp3) is 0.375. The second-order valence-corrected chi connectivity index (χ2v) is 8.05. The van der Waals surface area contributed by atoms with Crippen molar-refractivity contribution < 1.29 is 19.1 Å². The quantitative estimate of drug-likeness (QED) is 0.674. The van der Waals surface area contributed by atoms with Gasteiger partial charge in [0, 0.05) is 39.1 Å².